The summed E-state index contributed by atoms with van der Waals surface area (Å²) in [5, 5.41) is 17.1. The average Bonchev–Trinajstić information content (AvgIpc) is 2.90. The predicted octanol–water partition coefficient (Wildman–Crippen LogP) is 2.19. The number of ether oxygens (including phenoxy) is 1. The number of aromatic nitrogens is 3. The fourth-order valence-electron chi connectivity index (χ4n) is 2.22. The van der Waals surface area contributed by atoms with Gasteiger partial charge >= 0.3 is 5.97 Å². The summed E-state index contributed by atoms with van der Waals surface area (Å²) in [4.78, 5) is 11.0. The fourth-order valence-corrected chi connectivity index (χ4v) is 2.22. The lowest BCUT2D eigenvalue weighted by Crippen LogP contribution is -2.03. The van der Waals surface area contributed by atoms with Crippen molar-refractivity contribution in [1.29, 1.82) is 0 Å². The number of hydrogen-bond donors (Lipinski definition) is 1. The zero-order valence-electron chi connectivity index (χ0n) is 11.4. The van der Waals surface area contributed by atoms with Gasteiger partial charge in [0.25, 0.3) is 0 Å². The Morgan fingerprint density at radius 2 is 2.10 bits per heavy atom. The second-order valence-electron chi connectivity index (χ2n) is 4.57. The Balaban J connectivity index is 2.00. The van der Waals surface area contributed by atoms with E-state index in [9.17, 15) is 4.79 Å². The van der Waals surface area contributed by atoms with Crippen LogP contribution in [0.15, 0.2) is 42.5 Å². The summed E-state index contributed by atoms with van der Waals surface area (Å²) in [5.41, 5.74) is 2.52. The number of fused-ring (bicyclic) bond motifs is 1. The molecule has 0 aliphatic heterocycles. The Morgan fingerprint density at radius 1 is 1.29 bits per heavy atom. The number of nitrogens with zero attached hydrogens (tertiary/aromatic N) is 3. The van der Waals surface area contributed by atoms with Crippen molar-refractivity contribution in [2.45, 2.75) is 6.54 Å². The number of carboxylic acids is 1. The van der Waals surface area contributed by atoms with Gasteiger partial charge in [-0.3, -0.25) is 0 Å². The first-order chi connectivity index (χ1) is 10.2. The highest BCUT2D eigenvalue weighted by molar-refractivity contribution is 5.92. The maximum absolute atomic E-state index is 11.0. The van der Waals surface area contributed by atoms with E-state index in [1.807, 2.05) is 24.3 Å². The van der Waals surface area contributed by atoms with Crippen molar-refractivity contribution in [3.8, 4) is 5.75 Å². The van der Waals surface area contributed by atoms with E-state index in [1.165, 1.54) is 6.07 Å². The number of rotatable bonds is 4. The highest BCUT2D eigenvalue weighted by Gasteiger charge is 2.10. The van der Waals surface area contributed by atoms with Crippen molar-refractivity contribution in [1.82, 2.24) is 15.0 Å². The van der Waals surface area contributed by atoms with Crippen LogP contribution < -0.4 is 4.74 Å². The van der Waals surface area contributed by atoms with Gasteiger partial charge in [-0.15, -0.1) is 5.10 Å². The van der Waals surface area contributed by atoms with Gasteiger partial charge in [0.05, 0.1) is 24.7 Å². The molecule has 0 atom stereocenters. The molecule has 3 rings (SSSR count). The zero-order chi connectivity index (χ0) is 14.8. The standard InChI is InChI=1S/C15H13N3O3/c1-21-14-5-3-2-4-11(14)9-18-13-7-6-10(15(19)20)8-12(13)16-17-18/h2-8H,9H2,1H3,(H,19,20). The first-order valence-corrected chi connectivity index (χ1v) is 6.37. The van der Waals surface area contributed by atoms with Crippen LogP contribution in [0, 0.1) is 0 Å². The molecule has 3 aromatic rings. The lowest BCUT2D eigenvalue weighted by atomic mass is 10.2. The second-order valence-corrected chi connectivity index (χ2v) is 4.57. The second kappa shape index (κ2) is 5.24. The summed E-state index contributed by atoms with van der Waals surface area (Å²) in [5.74, 6) is -0.195. The largest absolute Gasteiger partial charge is 0.496 e. The van der Waals surface area contributed by atoms with Crippen molar-refractivity contribution in [2.24, 2.45) is 0 Å². The summed E-state index contributed by atoms with van der Waals surface area (Å²) < 4.78 is 7.04. The van der Waals surface area contributed by atoms with Gasteiger partial charge in [0, 0.05) is 5.56 Å². The van der Waals surface area contributed by atoms with Crippen molar-refractivity contribution in [3.05, 3.63) is 53.6 Å². The summed E-state index contributed by atoms with van der Waals surface area (Å²) in [6, 6.07) is 12.5. The van der Waals surface area contributed by atoms with Crippen LogP contribution in [0.3, 0.4) is 0 Å². The Hall–Kier alpha value is -2.89. The minimum atomic E-state index is -0.976. The summed E-state index contributed by atoms with van der Waals surface area (Å²) in [6.45, 7) is 0.507. The van der Waals surface area contributed by atoms with Gasteiger partial charge in [0.15, 0.2) is 0 Å². The number of carboxylic acid groups (broad SMARTS) is 1. The Kier molecular flexibility index (Phi) is 3.27. The molecule has 0 bridgehead atoms. The Labute approximate surface area is 120 Å². The van der Waals surface area contributed by atoms with Crippen LogP contribution in [-0.4, -0.2) is 33.2 Å². The molecule has 1 heterocycles. The van der Waals surface area contributed by atoms with Gasteiger partial charge < -0.3 is 9.84 Å². The van der Waals surface area contributed by atoms with Crippen LogP contribution in [0.1, 0.15) is 15.9 Å². The van der Waals surface area contributed by atoms with Crippen molar-refractivity contribution >= 4 is 17.0 Å². The third kappa shape index (κ3) is 2.43. The lowest BCUT2D eigenvalue weighted by Gasteiger charge is -2.08. The number of para-hydroxylation sites is 1. The molecule has 21 heavy (non-hydrogen) atoms. The predicted molar refractivity (Wildman–Crippen MR) is 76.6 cm³/mol. The highest BCUT2D eigenvalue weighted by atomic mass is 16.5. The molecule has 0 fully saturated rings. The topological polar surface area (TPSA) is 77.2 Å². The molecule has 0 unspecified atom stereocenters. The molecule has 0 saturated carbocycles. The maximum Gasteiger partial charge on any atom is 0.335 e. The SMILES string of the molecule is COc1ccccc1Cn1nnc2cc(C(=O)O)ccc21. The van der Waals surface area contributed by atoms with Gasteiger partial charge in [0.2, 0.25) is 0 Å². The minimum Gasteiger partial charge on any atom is -0.496 e. The van der Waals surface area contributed by atoms with Crippen LogP contribution in [-0.2, 0) is 6.54 Å². The highest BCUT2D eigenvalue weighted by Crippen LogP contribution is 2.20. The number of benzene rings is 2. The molecule has 2 aromatic carbocycles. The van der Waals surface area contributed by atoms with Gasteiger partial charge in [-0.25, -0.2) is 9.48 Å². The molecule has 1 N–H and O–H groups in total. The van der Waals surface area contributed by atoms with Crippen LogP contribution in [0.25, 0.3) is 11.0 Å². The van der Waals surface area contributed by atoms with E-state index in [4.69, 9.17) is 9.84 Å². The third-order valence-electron chi connectivity index (χ3n) is 3.27. The third-order valence-corrected chi connectivity index (χ3v) is 3.27. The molecule has 1 aromatic heterocycles. The smallest absolute Gasteiger partial charge is 0.335 e. The first kappa shape index (κ1) is 13.1. The molecular formula is C15H13N3O3. The summed E-state index contributed by atoms with van der Waals surface area (Å²) in [7, 11) is 1.62. The number of hydrogen-bond acceptors (Lipinski definition) is 4. The molecule has 106 valence electrons. The normalized spacial score (nSPS) is 10.7. The van der Waals surface area contributed by atoms with E-state index in [2.05, 4.69) is 10.3 Å². The van der Waals surface area contributed by atoms with Crippen LogP contribution in [0.4, 0.5) is 0 Å². The van der Waals surface area contributed by atoms with Crippen molar-refractivity contribution < 1.29 is 14.6 Å². The molecule has 0 radical (unpaired) electrons. The summed E-state index contributed by atoms with van der Waals surface area (Å²) >= 11 is 0. The quantitative estimate of drug-likeness (QED) is 0.794. The molecule has 0 saturated heterocycles. The lowest BCUT2D eigenvalue weighted by molar-refractivity contribution is 0.0697. The summed E-state index contributed by atoms with van der Waals surface area (Å²) in [6.07, 6.45) is 0. The Morgan fingerprint density at radius 3 is 2.86 bits per heavy atom. The van der Waals surface area contributed by atoms with Crippen molar-refractivity contribution in [3.63, 3.8) is 0 Å². The van der Waals surface area contributed by atoms with Gasteiger partial charge in [-0.05, 0) is 24.3 Å². The number of methoxy groups -OCH3 is 1. The van der Waals surface area contributed by atoms with Gasteiger partial charge in [-0.2, -0.15) is 0 Å². The van der Waals surface area contributed by atoms with Crippen LogP contribution >= 0.6 is 0 Å². The molecular weight excluding hydrogens is 270 g/mol. The molecule has 6 heteroatoms. The van der Waals surface area contributed by atoms with Crippen molar-refractivity contribution in [2.75, 3.05) is 7.11 Å². The van der Waals surface area contributed by atoms with Crippen LogP contribution in [0.5, 0.6) is 5.75 Å². The number of carbonyl (C=O) groups is 1. The monoisotopic (exact) mass is 283 g/mol. The molecule has 0 aliphatic carbocycles. The maximum atomic E-state index is 11.0. The first-order valence-electron chi connectivity index (χ1n) is 6.37. The molecule has 0 aliphatic rings. The fraction of sp³-hybridized carbons (Fsp3) is 0.133. The van der Waals surface area contributed by atoms with E-state index in [-0.39, 0.29) is 5.56 Å². The van der Waals surface area contributed by atoms with E-state index < -0.39 is 5.97 Å². The van der Waals surface area contributed by atoms with E-state index in [0.717, 1.165) is 16.8 Å². The van der Waals surface area contributed by atoms with E-state index >= 15 is 0 Å². The van der Waals surface area contributed by atoms with Crippen LogP contribution in [0.2, 0.25) is 0 Å². The van der Waals surface area contributed by atoms with Gasteiger partial charge in [0.1, 0.15) is 11.3 Å². The number of aromatic carboxylic acids is 1. The van der Waals surface area contributed by atoms with Gasteiger partial charge in [-0.1, -0.05) is 23.4 Å². The van der Waals surface area contributed by atoms with E-state index in [0.29, 0.717) is 12.1 Å². The Bertz CT molecular complexity index is 811. The molecule has 0 amide bonds. The van der Waals surface area contributed by atoms with E-state index in [1.54, 1.807) is 23.9 Å². The zero-order valence-corrected chi connectivity index (χ0v) is 11.4. The molecule has 6 nitrogen and oxygen atoms in total. The molecule has 0 spiro atoms. The average molecular weight is 283 g/mol. The minimum absolute atomic E-state index is 0.201.